The highest BCUT2D eigenvalue weighted by molar-refractivity contribution is 7.18. The standard InChI is InChI=1S/C27H21Cl2N5O4S/c1-38-17-6-8-23(31-13-17)33-25(35)18-7-5-15(10-19(18)28)14-34-21(11-16-4-2-3-9-30-16)26(36)32-20-12-22(29)39-24(20)27(34)37/h2-10,12-13,21H,11,14H2,1H3,(H,32,36)(H,31,33,35). The molecule has 2 N–H and O–H groups in total. The molecule has 12 heteroatoms. The second kappa shape index (κ2) is 11.4. The summed E-state index contributed by atoms with van der Waals surface area (Å²) in [6, 6.07) is 14.3. The number of benzene rings is 1. The summed E-state index contributed by atoms with van der Waals surface area (Å²) < 4.78 is 5.47. The summed E-state index contributed by atoms with van der Waals surface area (Å²) in [6.45, 7) is 0.0698. The molecule has 3 aromatic heterocycles. The highest BCUT2D eigenvalue weighted by atomic mass is 35.5. The molecule has 1 aromatic carbocycles. The van der Waals surface area contributed by atoms with Crippen molar-refractivity contribution in [3.05, 3.63) is 98.0 Å². The normalized spacial score (nSPS) is 14.8. The summed E-state index contributed by atoms with van der Waals surface area (Å²) in [6.07, 6.45) is 3.34. The predicted octanol–water partition coefficient (Wildman–Crippen LogP) is 5.31. The highest BCUT2D eigenvalue weighted by Crippen LogP contribution is 2.35. The third-order valence-electron chi connectivity index (χ3n) is 6.07. The van der Waals surface area contributed by atoms with Crippen molar-refractivity contribution in [1.82, 2.24) is 14.9 Å². The van der Waals surface area contributed by atoms with E-state index in [1.54, 1.807) is 54.7 Å². The molecule has 4 aromatic rings. The van der Waals surface area contributed by atoms with Gasteiger partial charge in [0.1, 0.15) is 22.5 Å². The molecule has 0 bridgehead atoms. The van der Waals surface area contributed by atoms with E-state index in [-0.39, 0.29) is 35.4 Å². The number of hydrogen-bond acceptors (Lipinski definition) is 7. The van der Waals surface area contributed by atoms with Gasteiger partial charge in [-0.05, 0) is 48.0 Å². The lowest BCUT2D eigenvalue weighted by Crippen LogP contribution is -2.46. The number of nitrogens with one attached hydrogen (secondary N) is 2. The van der Waals surface area contributed by atoms with Crippen LogP contribution in [-0.2, 0) is 17.8 Å². The van der Waals surface area contributed by atoms with Crippen molar-refractivity contribution in [2.75, 3.05) is 17.7 Å². The van der Waals surface area contributed by atoms with Crippen molar-refractivity contribution in [2.45, 2.75) is 19.0 Å². The molecular weight excluding hydrogens is 561 g/mol. The first-order valence-corrected chi connectivity index (χ1v) is 13.3. The van der Waals surface area contributed by atoms with Gasteiger partial charge in [0, 0.05) is 24.9 Å². The van der Waals surface area contributed by atoms with E-state index in [4.69, 9.17) is 27.9 Å². The van der Waals surface area contributed by atoms with Crippen LogP contribution in [0.25, 0.3) is 0 Å². The number of nitrogens with zero attached hydrogens (tertiary/aromatic N) is 3. The summed E-state index contributed by atoms with van der Waals surface area (Å²) in [7, 11) is 1.53. The van der Waals surface area contributed by atoms with Crippen LogP contribution in [0.4, 0.5) is 11.5 Å². The molecule has 1 unspecified atom stereocenters. The van der Waals surface area contributed by atoms with E-state index in [1.807, 2.05) is 6.07 Å². The van der Waals surface area contributed by atoms with E-state index >= 15 is 0 Å². The first-order valence-electron chi connectivity index (χ1n) is 11.7. The van der Waals surface area contributed by atoms with Crippen LogP contribution in [0.3, 0.4) is 0 Å². The number of ether oxygens (including phenoxy) is 1. The number of pyridine rings is 2. The Morgan fingerprint density at radius 1 is 1.13 bits per heavy atom. The van der Waals surface area contributed by atoms with Crippen molar-refractivity contribution >= 4 is 63.8 Å². The minimum atomic E-state index is -0.839. The van der Waals surface area contributed by atoms with E-state index in [1.165, 1.54) is 18.2 Å². The van der Waals surface area contributed by atoms with Gasteiger partial charge in [-0.25, -0.2) is 4.98 Å². The van der Waals surface area contributed by atoms with Crippen LogP contribution in [0.5, 0.6) is 5.75 Å². The number of fused-ring (bicyclic) bond motifs is 1. The number of hydrogen-bond donors (Lipinski definition) is 2. The largest absolute Gasteiger partial charge is 0.495 e. The second-order valence-corrected chi connectivity index (χ2v) is 10.7. The van der Waals surface area contributed by atoms with Crippen LogP contribution >= 0.6 is 34.5 Å². The fourth-order valence-corrected chi connectivity index (χ4v) is 5.57. The molecule has 0 aliphatic carbocycles. The van der Waals surface area contributed by atoms with Gasteiger partial charge in [-0.2, -0.15) is 0 Å². The van der Waals surface area contributed by atoms with Crippen LogP contribution < -0.4 is 15.4 Å². The van der Waals surface area contributed by atoms with Crippen LogP contribution in [0.1, 0.15) is 31.3 Å². The number of anilines is 2. The van der Waals surface area contributed by atoms with Crippen molar-refractivity contribution in [3.63, 3.8) is 0 Å². The lowest BCUT2D eigenvalue weighted by atomic mass is 10.1. The van der Waals surface area contributed by atoms with Gasteiger partial charge < -0.3 is 20.3 Å². The zero-order valence-electron chi connectivity index (χ0n) is 20.5. The van der Waals surface area contributed by atoms with Crippen LogP contribution in [0, 0.1) is 0 Å². The fraction of sp³-hybridized carbons (Fsp3) is 0.148. The van der Waals surface area contributed by atoms with Gasteiger partial charge in [-0.1, -0.05) is 35.3 Å². The molecule has 0 fully saturated rings. The number of methoxy groups -OCH3 is 1. The van der Waals surface area contributed by atoms with Crippen molar-refractivity contribution < 1.29 is 19.1 Å². The van der Waals surface area contributed by atoms with Crippen LogP contribution in [0.15, 0.2) is 67.0 Å². The molecular formula is C27H21Cl2N5O4S. The van der Waals surface area contributed by atoms with E-state index in [2.05, 4.69) is 20.6 Å². The molecule has 198 valence electrons. The predicted molar refractivity (Wildman–Crippen MR) is 150 cm³/mol. The Kier molecular flexibility index (Phi) is 7.78. The Hall–Kier alpha value is -3.99. The average molecular weight is 582 g/mol. The first-order chi connectivity index (χ1) is 18.8. The van der Waals surface area contributed by atoms with E-state index < -0.39 is 11.9 Å². The smallest absolute Gasteiger partial charge is 0.267 e. The lowest BCUT2D eigenvalue weighted by Gasteiger charge is -2.28. The molecule has 0 radical (unpaired) electrons. The SMILES string of the molecule is COc1ccc(NC(=O)c2ccc(CN3C(=O)c4sc(Cl)cc4NC(=O)C3Cc3ccccn3)cc2Cl)nc1. The van der Waals surface area contributed by atoms with E-state index in [0.717, 1.165) is 11.3 Å². The molecule has 9 nitrogen and oxygen atoms in total. The second-order valence-electron chi connectivity index (χ2n) is 8.61. The number of rotatable bonds is 7. The van der Waals surface area contributed by atoms with Gasteiger partial charge in [-0.15, -0.1) is 11.3 Å². The fourth-order valence-electron chi connectivity index (χ4n) is 4.14. The topological polar surface area (TPSA) is 114 Å². The number of amides is 3. The summed E-state index contributed by atoms with van der Waals surface area (Å²) in [5, 5.41) is 5.71. The zero-order chi connectivity index (χ0) is 27.5. The molecule has 0 saturated heterocycles. The summed E-state index contributed by atoms with van der Waals surface area (Å²) >= 11 is 13.7. The van der Waals surface area contributed by atoms with Gasteiger partial charge in [0.25, 0.3) is 11.8 Å². The Labute approximate surface area is 237 Å². The van der Waals surface area contributed by atoms with Gasteiger partial charge in [0.05, 0.1) is 33.9 Å². The maximum atomic E-state index is 13.7. The number of thiophene rings is 1. The summed E-state index contributed by atoms with van der Waals surface area (Å²) in [5.41, 5.74) is 1.91. The molecule has 1 aliphatic rings. The van der Waals surface area contributed by atoms with Gasteiger partial charge in [0.2, 0.25) is 5.91 Å². The molecule has 0 spiro atoms. The van der Waals surface area contributed by atoms with Gasteiger partial charge in [-0.3, -0.25) is 19.4 Å². The van der Waals surface area contributed by atoms with Crippen molar-refractivity contribution in [2.24, 2.45) is 0 Å². The Bertz CT molecular complexity index is 1550. The van der Waals surface area contributed by atoms with Crippen LogP contribution in [-0.4, -0.2) is 45.7 Å². The average Bonchev–Trinajstić information content (AvgIpc) is 3.27. The Morgan fingerprint density at radius 3 is 2.67 bits per heavy atom. The molecule has 4 heterocycles. The molecule has 1 aliphatic heterocycles. The third-order valence-corrected chi connectivity index (χ3v) is 7.63. The summed E-state index contributed by atoms with van der Waals surface area (Å²) in [4.78, 5) is 50.1. The number of carbonyl (C=O) groups excluding carboxylic acids is 3. The molecule has 3 amide bonds. The Balaban J connectivity index is 1.41. The summed E-state index contributed by atoms with van der Waals surface area (Å²) in [5.74, 6) is -0.239. The first kappa shape index (κ1) is 26.6. The lowest BCUT2D eigenvalue weighted by molar-refractivity contribution is -0.120. The number of aromatic nitrogens is 2. The maximum absolute atomic E-state index is 13.7. The van der Waals surface area contributed by atoms with Gasteiger partial charge >= 0.3 is 0 Å². The number of halogens is 2. The molecule has 1 atom stereocenters. The maximum Gasteiger partial charge on any atom is 0.267 e. The van der Waals surface area contributed by atoms with Crippen molar-refractivity contribution in [1.29, 1.82) is 0 Å². The van der Waals surface area contributed by atoms with Crippen LogP contribution in [0.2, 0.25) is 9.36 Å². The minimum absolute atomic E-state index is 0.0698. The Morgan fingerprint density at radius 2 is 1.97 bits per heavy atom. The van der Waals surface area contributed by atoms with Crippen molar-refractivity contribution in [3.8, 4) is 5.75 Å². The van der Waals surface area contributed by atoms with E-state index in [9.17, 15) is 14.4 Å². The van der Waals surface area contributed by atoms with Gasteiger partial charge in [0.15, 0.2) is 0 Å². The third kappa shape index (κ3) is 5.88. The minimum Gasteiger partial charge on any atom is -0.495 e. The highest BCUT2D eigenvalue weighted by Gasteiger charge is 2.37. The quantitative estimate of drug-likeness (QED) is 0.305. The van der Waals surface area contributed by atoms with E-state index in [0.29, 0.717) is 37.7 Å². The molecule has 0 saturated carbocycles. The zero-order valence-corrected chi connectivity index (χ0v) is 22.8. The monoisotopic (exact) mass is 581 g/mol. The molecule has 39 heavy (non-hydrogen) atoms. The molecule has 5 rings (SSSR count). The number of carbonyl (C=O) groups is 3.